The van der Waals surface area contributed by atoms with E-state index < -0.39 is 0 Å². The molecule has 0 amide bonds. The first-order valence-corrected chi connectivity index (χ1v) is 5.64. The summed E-state index contributed by atoms with van der Waals surface area (Å²) in [6.07, 6.45) is 4.42. The number of hydrazine groups is 1. The lowest BCUT2D eigenvalue weighted by molar-refractivity contribution is 0.800. The maximum atomic E-state index is 5.36. The summed E-state index contributed by atoms with van der Waals surface area (Å²) in [6, 6.07) is 3.82. The molecule has 0 unspecified atom stereocenters. The maximum Gasteiger partial charge on any atom is 0.159 e. The third kappa shape index (κ3) is 1.99. The van der Waals surface area contributed by atoms with Crippen molar-refractivity contribution in [2.24, 2.45) is 5.84 Å². The Morgan fingerprint density at radius 3 is 2.94 bits per heavy atom. The summed E-state index contributed by atoms with van der Waals surface area (Å²) >= 11 is 0. The molecule has 3 N–H and O–H groups in total. The van der Waals surface area contributed by atoms with Gasteiger partial charge < -0.3 is 5.43 Å². The van der Waals surface area contributed by atoms with E-state index in [-0.39, 0.29) is 0 Å². The van der Waals surface area contributed by atoms with Crippen molar-refractivity contribution in [2.75, 3.05) is 5.43 Å². The first kappa shape index (κ1) is 10.2. The fraction of sp³-hybridized carbons (Fsp3) is 0.364. The predicted molar refractivity (Wildman–Crippen MR) is 63.7 cm³/mol. The summed E-state index contributed by atoms with van der Waals surface area (Å²) < 4.78 is 1.77. The standard InChI is InChI=1S/C11H14N6/c1-7-13-10(15-12)6-11(14-7)17-5-4-9(16-17)8-2-3-8/h4-6,8H,2-3,12H2,1H3,(H,13,14,15). The van der Waals surface area contributed by atoms with Gasteiger partial charge in [-0.3, -0.25) is 0 Å². The van der Waals surface area contributed by atoms with Crippen LogP contribution in [-0.4, -0.2) is 19.7 Å². The van der Waals surface area contributed by atoms with E-state index in [9.17, 15) is 0 Å². The van der Waals surface area contributed by atoms with Crippen LogP contribution in [0.25, 0.3) is 5.82 Å². The SMILES string of the molecule is Cc1nc(NN)cc(-n2ccc(C3CC3)n2)n1. The lowest BCUT2D eigenvalue weighted by Gasteiger charge is -2.05. The molecule has 88 valence electrons. The second-order valence-electron chi connectivity index (χ2n) is 4.26. The van der Waals surface area contributed by atoms with E-state index in [0.29, 0.717) is 17.6 Å². The first-order valence-electron chi connectivity index (χ1n) is 5.64. The molecule has 2 aromatic rings. The topological polar surface area (TPSA) is 81.6 Å². The van der Waals surface area contributed by atoms with Crippen molar-refractivity contribution in [3.05, 3.63) is 29.8 Å². The van der Waals surface area contributed by atoms with Crippen LogP contribution in [0.15, 0.2) is 18.3 Å². The van der Waals surface area contributed by atoms with E-state index >= 15 is 0 Å². The monoisotopic (exact) mass is 230 g/mol. The number of nitrogen functional groups attached to an aromatic ring is 1. The summed E-state index contributed by atoms with van der Waals surface area (Å²) in [6.45, 7) is 1.83. The van der Waals surface area contributed by atoms with Crippen LogP contribution in [0, 0.1) is 6.92 Å². The molecule has 0 saturated heterocycles. The Hall–Kier alpha value is -1.95. The summed E-state index contributed by atoms with van der Waals surface area (Å²) in [7, 11) is 0. The molecule has 0 aliphatic heterocycles. The van der Waals surface area contributed by atoms with Gasteiger partial charge in [-0.25, -0.2) is 20.5 Å². The van der Waals surface area contributed by atoms with Gasteiger partial charge in [0.05, 0.1) is 5.69 Å². The third-order valence-electron chi connectivity index (χ3n) is 2.81. The number of hydrogen-bond acceptors (Lipinski definition) is 5. The Kier molecular flexibility index (Phi) is 2.29. The van der Waals surface area contributed by atoms with Crippen molar-refractivity contribution in [3.63, 3.8) is 0 Å². The second-order valence-corrected chi connectivity index (χ2v) is 4.26. The van der Waals surface area contributed by atoms with Gasteiger partial charge in [0.15, 0.2) is 5.82 Å². The van der Waals surface area contributed by atoms with Crippen molar-refractivity contribution < 1.29 is 0 Å². The number of nitrogens with zero attached hydrogens (tertiary/aromatic N) is 4. The van der Waals surface area contributed by atoms with Crippen LogP contribution in [0.3, 0.4) is 0 Å². The normalized spacial score (nSPS) is 14.9. The average Bonchev–Trinajstić information content (AvgIpc) is 3.06. The quantitative estimate of drug-likeness (QED) is 0.610. The van der Waals surface area contributed by atoms with Crippen LogP contribution in [0.4, 0.5) is 5.82 Å². The molecule has 2 aromatic heterocycles. The molecular formula is C11H14N6. The summed E-state index contributed by atoms with van der Waals surface area (Å²) in [4.78, 5) is 8.48. The van der Waals surface area contributed by atoms with Gasteiger partial charge in [-0.05, 0) is 25.8 Å². The summed E-state index contributed by atoms with van der Waals surface area (Å²) in [5, 5.41) is 4.52. The molecule has 0 spiro atoms. The van der Waals surface area contributed by atoms with E-state index in [0.717, 1.165) is 11.5 Å². The molecule has 1 aliphatic carbocycles. The smallest absolute Gasteiger partial charge is 0.159 e. The Bertz CT molecular complexity index is 543. The average molecular weight is 230 g/mol. The number of aromatic nitrogens is 4. The maximum absolute atomic E-state index is 5.36. The van der Waals surface area contributed by atoms with Gasteiger partial charge in [-0.2, -0.15) is 5.10 Å². The van der Waals surface area contributed by atoms with Gasteiger partial charge in [0.2, 0.25) is 0 Å². The minimum atomic E-state index is 0.593. The van der Waals surface area contributed by atoms with Crippen molar-refractivity contribution in [2.45, 2.75) is 25.7 Å². The van der Waals surface area contributed by atoms with Gasteiger partial charge in [0.1, 0.15) is 11.6 Å². The molecule has 17 heavy (non-hydrogen) atoms. The van der Waals surface area contributed by atoms with Crippen molar-refractivity contribution >= 4 is 5.82 Å². The molecule has 6 heteroatoms. The van der Waals surface area contributed by atoms with Gasteiger partial charge in [-0.15, -0.1) is 0 Å². The number of aryl methyl sites for hydroxylation is 1. The number of rotatable bonds is 3. The highest BCUT2D eigenvalue weighted by Crippen LogP contribution is 2.38. The van der Waals surface area contributed by atoms with Gasteiger partial charge in [-0.1, -0.05) is 0 Å². The highest BCUT2D eigenvalue weighted by atomic mass is 15.3. The predicted octanol–water partition coefficient (Wildman–Crippen LogP) is 1.13. The molecule has 1 saturated carbocycles. The molecular weight excluding hydrogens is 216 g/mol. The molecule has 0 atom stereocenters. The van der Waals surface area contributed by atoms with Gasteiger partial charge in [0, 0.05) is 18.2 Å². The Morgan fingerprint density at radius 1 is 1.41 bits per heavy atom. The van der Waals surface area contributed by atoms with Crippen LogP contribution < -0.4 is 11.3 Å². The Balaban J connectivity index is 1.98. The Labute approximate surface area is 98.8 Å². The number of hydrogen-bond donors (Lipinski definition) is 2. The number of nitrogens with two attached hydrogens (primary N) is 1. The molecule has 0 bridgehead atoms. The number of nitrogens with one attached hydrogen (secondary N) is 1. The van der Waals surface area contributed by atoms with Crippen molar-refractivity contribution in [1.29, 1.82) is 0 Å². The van der Waals surface area contributed by atoms with E-state index in [1.807, 2.05) is 19.2 Å². The Morgan fingerprint density at radius 2 is 2.24 bits per heavy atom. The highest BCUT2D eigenvalue weighted by Gasteiger charge is 2.26. The van der Waals surface area contributed by atoms with E-state index in [1.54, 1.807) is 10.7 Å². The minimum Gasteiger partial charge on any atom is -0.308 e. The van der Waals surface area contributed by atoms with Gasteiger partial charge in [0.25, 0.3) is 0 Å². The largest absolute Gasteiger partial charge is 0.308 e. The van der Waals surface area contributed by atoms with Crippen LogP contribution >= 0.6 is 0 Å². The molecule has 1 fully saturated rings. The zero-order chi connectivity index (χ0) is 11.8. The van der Waals surface area contributed by atoms with E-state index in [4.69, 9.17) is 5.84 Å². The van der Waals surface area contributed by atoms with Crippen LogP contribution in [0.5, 0.6) is 0 Å². The highest BCUT2D eigenvalue weighted by molar-refractivity contribution is 5.40. The zero-order valence-electron chi connectivity index (χ0n) is 9.59. The van der Waals surface area contributed by atoms with Crippen molar-refractivity contribution in [1.82, 2.24) is 19.7 Å². The molecule has 0 radical (unpaired) electrons. The third-order valence-corrected chi connectivity index (χ3v) is 2.81. The fourth-order valence-electron chi connectivity index (χ4n) is 1.81. The number of anilines is 1. The molecule has 0 aromatic carbocycles. The lowest BCUT2D eigenvalue weighted by atomic mass is 10.3. The lowest BCUT2D eigenvalue weighted by Crippen LogP contribution is -2.11. The van der Waals surface area contributed by atoms with Crippen LogP contribution in [0.1, 0.15) is 30.3 Å². The zero-order valence-corrected chi connectivity index (χ0v) is 9.59. The molecule has 2 heterocycles. The summed E-state index contributed by atoms with van der Waals surface area (Å²) in [5.41, 5.74) is 3.67. The van der Waals surface area contributed by atoms with Gasteiger partial charge >= 0.3 is 0 Å². The second kappa shape index (κ2) is 3.81. The molecule has 6 nitrogen and oxygen atoms in total. The van der Waals surface area contributed by atoms with E-state index in [1.165, 1.54) is 12.8 Å². The van der Waals surface area contributed by atoms with E-state index in [2.05, 4.69) is 20.5 Å². The summed E-state index contributed by atoms with van der Waals surface area (Å²) in [5.74, 6) is 8.00. The fourth-order valence-corrected chi connectivity index (χ4v) is 1.81. The first-order chi connectivity index (χ1) is 8.26. The molecule has 1 aliphatic rings. The van der Waals surface area contributed by atoms with Crippen LogP contribution in [0.2, 0.25) is 0 Å². The van der Waals surface area contributed by atoms with Crippen molar-refractivity contribution in [3.8, 4) is 5.82 Å². The van der Waals surface area contributed by atoms with Crippen LogP contribution in [-0.2, 0) is 0 Å². The molecule has 3 rings (SSSR count). The minimum absolute atomic E-state index is 0.593.